The van der Waals surface area contributed by atoms with Crippen molar-refractivity contribution in [2.45, 2.75) is 38.5 Å². The molecule has 0 aliphatic carbocycles. The summed E-state index contributed by atoms with van der Waals surface area (Å²) in [5.74, 6) is -1.08. The lowest BCUT2D eigenvalue weighted by atomic mass is 10.2. The van der Waals surface area contributed by atoms with Crippen LogP contribution < -0.4 is 0 Å². The summed E-state index contributed by atoms with van der Waals surface area (Å²) in [6.07, 6.45) is 1.57. The smallest absolute Gasteiger partial charge is 0.340 e. The molecule has 7 heteroatoms. The number of carbonyl (C=O) groups is 1. The van der Waals surface area contributed by atoms with Gasteiger partial charge in [-0.1, -0.05) is 13.3 Å². The predicted molar refractivity (Wildman–Crippen MR) is 69.9 cm³/mol. The highest BCUT2D eigenvalue weighted by Crippen LogP contribution is 2.28. The van der Waals surface area contributed by atoms with Gasteiger partial charge in [-0.2, -0.15) is 0 Å². The first-order valence-electron chi connectivity index (χ1n) is 6.03. The first-order chi connectivity index (χ1) is 8.73. The third kappa shape index (κ3) is 2.98. The topological polar surface area (TPSA) is 87.8 Å². The van der Waals surface area contributed by atoms with Crippen LogP contribution in [0.2, 0.25) is 0 Å². The van der Waals surface area contributed by atoms with Gasteiger partial charge in [0.05, 0.1) is 0 Å². The van der Waals surface area contributed by atoms with Gasteiger partial charge in [0.2, 0.25) is 10.0 Å². The van der Waals surface area contributed by atoms with Crippen LogP contribution in [-0.4, -0.2) is 37.4 Å². The van der Waals surface area contributed by atoms with Crippen LogP contribution in [0.4, 0.5) is 0 Å². The summed E-state index contributed by atoms with van der Waals surface area (Å²) in [5, 5.41) is 9.14. The van der Waals surface area contributed by atoms with Gasteiger partial charge in [-0.25, -0.2) is 17.5 Å². The SMILES string of the molecule is CCCCN(C)S(=O)(=O)c1c(C)oc(C)c1C(=O)O. The van der Waals surface area contributed by atoms with Gasteiger partial charge in [-0.05, 0) is 20.3 Å². The number of hydrogen-bond acceptors (Lipinski definition) is 4. The summed E-state index contributed by atoms with van der Waals surface area (Å²) in [5.41, 5.74) is -0.277. The monoisotopic (exact) mass is 289 g/mol. The molecular formula is C12H19NO5S. The minimum absolute atomic E-state index is 0.104. The maximum absolute atomic E-state index is 12.4. The van der Waals surface area contributed by atoms with E-state index in [1.807, 2.05) is 6.92 Å². The molecule has 1 rings (SSSR count). The molecule has 0 fully saturated rings. The molecule has 0 saturated carbocycles. The number of rotatable bonds is 6. The van der Waals surface area contributed by atoms with Crippen LogP contribution in [0, 0.1) is 13.8 Å². The number of aryl methyl sites for hydroxylation is 2. The average molecular weight is 289 g/mol. The van der Waals surface area contributed by atoms with E-state index in [2.05, 4.69) is 0 Å². The van der Waals surface area contributed by atoms with Gasteiger partial charge in [-0.3, -0.25) is 0 Å². The van der Waals surface area contributed by atoms with Crippen LogP contribution in [0.3, 0.4) is 0 Å². The normalized spacial score (nSPS) is 12.1. The van der Waals surface area contributed by atoms with Gasteiger partial charge < -0.3 is 9.52 Å². The van der Waals surface area contributed by atoms with E-state index >= 15 is 0 Å². The van der Waals surface area contributed by atoms with E-state index < -0.39 is 16.0 Å². The molecule has 0 atom stereocenters. The molecule has 0 saturated heterocycles. The molecule has 1 aromatic heterocycles. The maximum Gasteiger partial charge on any atom is 0.340 e. The fraction of sp³-hybridized carbons (Fsp3) is 0.583. The highest BCUT2D eigenvalue weighted by molar-refractivity contribution is 7.89. The summed E-state index contributed by atoms with van der Waals surface area (Å²) in [6, 6.07) is 0. The van der Waals surface area contributed by atoms with E-state index in [-0.39, 0.29) is 22.0 Å². The Hall–Kier alpha value is -1.34. The van der Waals surface area contributed by atoms with Crippen molar-refractivity contribution in [3.8, 4) is 0 Å². The van der Waals surface area contributed by atoms with Gasteiger partial charge in [0, 0.05) is 13.6 Å². The number of nitrogens with zero attached hydrogens (tertiary/aromatic N) is 1. The van der Waals surface area contributed by atoms with E-state index in [9.17, 15) is 13.2 Å². The Morgan fingerprint density at radius 2 is 1.89 bits per heavy atom. The van der Waals surface area contributed by atoms with Crippen molar-refractivity contribution in [3.63, 3.8) is 0 Å². The first kappa shape index (κ1) is 15.7. The number of carboxylic acids is 1. The Labute approximate surface area is 113 Å². The van der Waals surface area contributed by atoms with Gasteiger partial charge >= 0.3 is 5.97 Å². The molecule has 1 heterocycles. The van der Waals surface area contributed by atoms with E-state index in [0.717, 1.165) is 6.42 Å². The average Bonchev–Trinajstić information content (AvgIpc) is 2.61. The van der Waals surface area contributed by atoms with Crippen molar-refractivity contribution < 1.29 is 22.7 Å². The highest BCUT2D eigenvalue weighted by Gasteiger charge is 2.33. The van der Waals surface area contributed by atoms with E-state index in [0.29, 0.717) is 13.0 Å². The second-order valence-electron chi connectivity index (χ2n) is 4.40. The van der Waals surface area contributed by atoms with Crippen LogP contribution in [0.15, 0.2) is 9.31 Å². The Morgan fingerprint density at radius 1 is 1.32 bits per heavy atom. The molecule has 108 valence electrons. The van der Waals surface area contributed by atoms with Crippen LogP contribution in [-0.2, 0) is 10.0 Å². The molecule has 0 bridgehead atoms. The Bertz CT molecular complexity index is 573. The number of carboxylic acid groups (broad SMARTS) is 1. The molecule has 1 aromatic rings. The van der Waals surface area contributed by atoms with E-state index in [1.54, 1.807) is 0 Å². The fourth-order valence-corrected chi connectivity index (χ4v) is 3.45. The Morgan fingerprint density at radius 3 is 2.37 bits per heavy atom. The summed E-state index contributed by atoms with van der Waals surface area (Å²) >= 11 is 0. The zero-order chi connectivity index (χ0) is 14.8. The quantitative estimate of drug-likeness (QED) is 0.865. The van der Waals surface area contributed by atoms with Crippen molar-refractivity contribution in [2.24, 2.45) is 0 Å². The largest absolute Gasteiger partial charge is 0.478 e. The van der Waals surface area contributed by atoms with Gasteiger partial charge in [0.15, 0.2) is 0 Å². The van der Waals surface area contributed by atoms with Crippen LogP contribution in [0.1, 0.15) is 41.6 Å². The third-order valence-corrected chi connectivity index (χ3v) is 4.92. The second-order valence-corrected chi connectivity index (χ2v) is 6.39. The summed E-state index contributed by atoms with van der Waals surface area (Å²) in [7, 11) is -2.40. The molecule has 1 N–H and O–H groups in total. The summed E-state index contributed by atoms with van der Waals surface area (Å²) in [4.78, 5) is 11.0. The molecule has 6 nitrogen and oxygen atoms in total. The van der Waals surface area contributed by atoms with E-state index in [1.165, 1.54) is 25.2 Å². The van der Waals surface area contributed by atoms with Crippen molar-refractivity contribution in [2.75, 3.05) is 13.6 Å². The zero-order valence-corrected chi connectivity index (χ0v) is 12.4. The first-order valence-corrected chi connectivity index (χ1v) is 7.47. The molecule has 0 radical (unpaired) electrons. The minimum atomic E-state index is -3.84. The number of sulfonamides is 1. The summed E-state index contributed by atoms with van der Waals surface area (Å²) in [6.45, 7) is 5.21. The van der Waals surface area contributed by atoms with Crippen molar-refractivity contribution >= 4 is 16.0 Å². The van der Waals surface area contributed by atoms with Crippen molar-refractivity contribution in [3.05, 3.63) is 17.1 Å². The lowest BCUT2D eigenvalue weighted by Gasteiger charge is -2.16. The zero-order valence-electron chi connectivity index (χ0n) is 11.6. The van der Waals surface area contributed by atoms with Crippen LogP contribution >= 0.6 is 0 Å². The van der Waals surface area contributed by atoms with Crippen LogP contribution in [0.25, 0.3) is 0 Å². The minimum Gasteiger partial charge on any atom is -0.478 e. The fourth-order valence-electron chi connectivity index (χ4n) is 1.88. The van der Waals surface area contributed by atoms with Crippen molar-refractivity contribution in [1.29, 1.82) is 0 Å². The molecule has 0 amide bonds. The lowest BCUT2D eigenvalue weighted by molar-refractivity contribution is 0.0691. The predicted octanol–water partition coefficient (Wildman–Crippen LogP) is 2.02. The standard InChI is InChI=1S/C12H19NO5S/c1-5-6-7-13(4)19(16,17)11-9(3)18-8(2)10(11)12(14)15/h5-7H2,1-4H3,(H,14,15). The highest BCUT2D eigenvalue weighted by atomic mass is 32.2. The molecule has 0 aliphatic rings. The summed E-state index contributed by atoms with van der Waals surface area (Å²) < 4.78 is 31.1. The lowest BCUT2D eigenvalue weighted by Crippen LogP contribution is -2.29. The van der Waals surface area contributed by atoms with E-state index in [4.69, 9.17) is 9.52 Å². The molecule has 19 heavy (non-hydrogen) atoms. The Kier molecular flexibility index (Phi) is 4.75. The van der Waals surface area contributed by atoms with Crippen LogP contribution in [0.5, 0.6) is 0 Å². The maximum atomic E-state index is 12.4. The number of hydrogen-bond donors (Lipinski definition) is 1. The van der Waals surface area contributed by atoms with Gasteiger partial charge in [0.25, 0.3) is 0 Å². The number of furan rings is 1. The third-order valence-electron chi connectivity index (χ3n) is 2.91. The molecule has 0 aliphatic heterocycles. The Balaban J connectivity index is 3.33. The molecular weight excluding hydrogens is 270 g/mol. The second kappa shape index (κ2) is 5.75. The number of unbranched alkanes of at least 4 members (excludes halogenated alkanes) is 1. The molecule has 0 aromatic carbocycles. The number of aromatic carboxylic acids is 1. The van der Waals surface area contributed by atoms with Gasteiger partial charge in [0.1, 0.15) is 22.0 Å². The molecule has 0 spiro atoms. The molecule has 0 unspecified atom stereocenters. The van der Waals surface area contributed by atoms with Crippen molar-refractivity contribution in [1.82, 2.24) is 4.31 Å². The van der Waals surface area contributed by atoms with Gasteiger partial charge in [-0.15, -0.1) is 0 Å².